The van der Waals surface area contributed by atoms with Crippen LogP contribution in [0, 0.1) is 11.3 Å². The molecule has 7 heteroatoms. The van der Waals surface area contributed by atoms with E-state index in [1.807, 2.05) is 6.07 Å². The summed E-state index contributed by atoms with van der Waals surface area (Å²) in [5.74, 6) is 0.0970. The van der Waals surface area contributed by atoms with Crippen LogP contribution < -0.4 is 4.74 Å². The molecule has 0 spiro atoms. The summed E-state index contributed by atoms with van der Waals surface area (Å²) in [5.41, 5.74) is 1.34. The summed E-state index contributed by atoms with van der Waals surface area (Å²) in [7, 11) is 0. The lowest BCUT2D eigenvalue weighted by molar-refractivity contribution is -0.244. The van der Waals surface area contributed by atoms with E-state index in [1.165, 1.54) is 12.1 Å². The molecular formula is C19H17NO6. The van der Waals surface area contributed by atoms with Crippen molar-refractivity contribution in [3.63, 3.8) is 0 Å². The average molecular weight is 355 g/mol. The molecule has 4 atom stereocenters. The smallest absolute Gasteiger partial charge is 0.195 e. The molecule has 0 saturated carbocycles. The lowest BCUT2D eigenvalue weighted by Gasteiger charge is -2.35. The van der Waals surface area contributed by atoms with Gasteiger partial charge in [0.15, 0.2) is 18.2 Å². The average Bonchev–Trinajstić information content (AvgIpc) is 2.68. The fourth-order valence-corrected chi connectivity index (χ4v) is 2.61. The maximum absolute atomic E-state index is 12.4. The Morgan fingerprint density at radius 1 is 1.04 bits per heavy atom. The van der Waals surface area contributed by atoms with Crippen molar-refractivity contribution in [3.05, 3.63) is 65.2 Å². The zero-order valence-electron chi connectivity index (χ0n) is 13.6. The molecule has 0 aliphatic carbocycles. The molecule has 1 saturated heterocycles. The van der Waals surface area contributed by atoms with Crippen molar-refractivity contribution in [2.75, 3.05) is 6.61 Å². The Balaban J connectivity index is 1.71. The number of hydrogen-bond acceptors (Lipinski definition) is 7. The molecular weight excluding hydrogens is 338 g/mol. The van der Waals surface area contributed by atoms with Gasteiger partial charge in [0.2, 0.25) is 0 Å². The molecule has 26 heavy (non-hydrogen) atoms. The summed E-state index contributed by atoms with van der Waals surface area (Å²) >= 11 is 0. The number of aliphatic hydroxyl groups is 3. The second kappa shape index (κ2) is 7.64. The van der Waals surface area contributed by atoms with Gasteiger partial charge in [-0.2, -0.15) is 5.26 Å². The first-order chi connectivity index (χ1) is 12.5. The van der Waals surface area contributed by atoms with Gasteiger partial charge in [-0.05, 0) is 48.5 Å². The molecule has 3 rings (SSSR count). The van der Waals surface area contributed by atoms with Gasteiger partial charge < -0.3 is 24.8 Å². The van der Waals surface area contributed by atoms with Crippen LogP contribution in [0.15, 0.2) is 48.5 Å². The normalized spacial score (nSPS) is 25.3. The zero-order valence-corrected chi connectivity index (χ0v) is 13.6. The van der Waals surface area contributed by atoms with E-state index in [0.29, 0.717) is 22.4 Å². The monoisotopic (exact) mass is 355 g/mol. The van der Waals surface area contributed by atoms with Gasteiger partial charge in [0.1, 0.15) is 18.0 Å². The van der Waals surface area contributed by atoms with Crippen LogP contribution in [-0.4, -0.2) is 52.3 Å². The highest BCUT2D eigenvalue weighted by molar-refractivity contribution is 6.09. The highest BCUT2D eigenvalue weighted by Crippen LogP contribution is 2.22. The first kappa shape index (κ1) is 18.0. The van der Waals surface area contributed by atoms with Crippen LogP contribution in [-0.2, 0) is 4.74 Å². The summed E-state index contributed by atoms with van der Waals surface area (Å²) in [6.07, 6.45) is -4.95. The van der Waals surface area contributed by atoms with Crippen molar-refractivity contribution in [3.8, 4) is 11.8 Å². The number of aliphatic hydroxyl groups excluding tert-OH is 3. The summed E-state index contributed by atoms with van der Waals surface area (Å²) in [6, 6.07) is 14.5. The van der Waals surface area contributed by atoms with E-state index in [9.17, 15) is 20.1 Å². The SMILES string of the molecule is N#Cc1ccc(C(=O)c2ccc(O[C@@H]3[C@@H](O)[C@H](O)CO[C@@H]3O)cc2)cc1. The van der Waals surface area contributed by atoms with E-state index < -0.39 is 24.6 Å². The minimum Gasteiger partial charge on any atom is -0.482 e. The molecule has 134 valence electrons. The number of ketones is 1. The third-order valence-electron chi connectivity index (χ3n) is 4.11. The van der Waals surface area contributed by atoms with Crippen molar-refractivity contribution in [1.82, 2.24) is 0 Å². The second-order valence-corrected chi connectivity index (χ2v) is 5.91. The van der Waals surface area contributed by atoms with Crippen LogP contribution in [0.4, 0.5) is 0 Å². The van der Waals surface area contributed by atoms with Crippen LogP contribution in [0.3, 0.4) is 0 Å². The van der Waals surface area contributed by atoms with Crippen molar-refractivity contribution in [2.24, 2.45) is 0 Å². The van der Waals surface area contributed by atoms with Crippen LogP contribution in [0.1, 0.15) is 21.5 Å². The topological polar surface area (TPSA) is 120 Å². The summed E-state index contributed by atoms with van der Waals surface area (Å²) in [6.45, 7) is -0.180. The number of hydrogen-bond donors (Lipinski definition) is 3. The van der Waals surface area contributed by atoms with Gasteiger partial charge in [-0.1, -0.05) is 0 Å². The number of carbonyl (C=O) groups is 1. The number of rotatable bonds is 4. The van der Waals surface area contributed by atoms with Crippen molar-refractivity contribution in [1.29, 1.82) is 5.26 Å². The summed E-state index contributed by atoms with van der Waals surface area (Å²) in [5, 5.41) is 38.1. The van der Waals surface area contributed by atoms with E-state index in [4.69, 9.17) is 14.7 Å². The predicted molar refractivity (Wildman–Crippen MR) is 89.4 cm³/mol. The maximum Gasteiger partial charge on any atom is 0.195 e. The van der Waals surface area contributed by atoms with E-state index in [-0.39, 0.29) is 12.4 Å². The lowest BCUT2D eigenvalue weighted by atomic mass is 10.0. The maximum atomic E-state index is 12.4. The van der Waals surface area contributed by atoms with Gasteiger partial charge in [0.05, 0.1) is 18.2 Å². The standard InChI is InChI=1S/C19H17NO6/c20-9-11-1-3-12(4-2-11)16(22)13-5-7-14(8-6-13)26-18-17(23)15(21)10-25-19(18)24/h1-8,15,17-19,21,23-24H,10H2/t15-,17+,18-,19+/m1/s1. The zero-order chi connectivity index (χ0) is 18.7. The van der Waals surface area contributed by atoms with Gasteiger partial charge in [-0.25, -0.2) is 0 Å². The van der Waals surface area contributed by atoms with Crippen LogP contribution in [0.2, 0.25) is 0 Å². The number of ether oxygens (including phenoxy) is 2. The van der Waals surface area contributed by atoms with Crippen LogP contribution >= 0.6 is 0 Å². The third-order valence-corrected chi connectivity index (χ3v) is 4.11. The number of nitriles is 1. The molecule has 2 aromatic rings. The quantitative estimate of drug-likeness (QED) is 0.687. The fraction of sp³-hybridized carbons (Fsp3) is 0.263. The van der Waals surface area contributed by atoms with Crippen molar-refractivity contribution in [2.45, 2.75) is 24.6 Å². The molecule has 1 fully saturated rings. The molecule has 1 aliphatic heterocycles. The number of carbonyl (C=O) groups excluding carboxylic acids is 1. The van der Waals surface area contributed by atoms with Crippen molar-refractivity contribution < 1.29 is 29.6 Å². The summed E-state index contributed by atoms with van der Waals surface area (Å²) in [4.78, 5) is 12.4. The molecule has 0 bridgehead atoms. The van der Waals surface area contributed by atoms with Crippen LogP contribution in [0.5, 0.6) is 5.75 Å². The Morgan fingerprint density at radius 2 is 1.62 bits per heavy atom. The molecule has 1 heterocycles. The lowest BCUT2D eigenvalue weighted by Crippen LogP contribution is -2.55. The molecule has 7 nitrogen and oxygen atoms in total. The van der Waals surface area contributed by atoms with Crippen molar-refractivity contribution >= 4 is 5.78 Å². The van der Waals surface area contributed by atoms with Gasteiger partial charge in [0.25, 0.3) is 0 Å². The molecule has 0 radical (unpaired) electrons. The largest absolute Gasteiger partial charge is 0.482 e. The third kappa shape index (κ3) is 3.74. The van der Waals surface area contributed by atoms with Crippen LogP contribution in [0.25, 0.3) is 0 Å². The molecule has 3 N–H and O–H groups in total. The van der Waals surface area contributed by atoms with Gasteiger partial charge in [-0.15, -0.1) is 0 Å². The summed E-state index contributed by atoms with van der Waals surface area (Å²) < 4.78 is 10.4. The van der Waals surface area contributed by atoms with Gasteiger partial charge in [0, 0.05) is 11.1 Å². The molecule has 2 aromatic carbocycles. The molecule has 0 amide bonds. The van der Waals surface area contributed by atoms with Gasteiger partial charge in [-0.3, -0.25) is 4.79 Å². The first-order valence-electron chi connectivity index (χ1n) is 7.97. The fourth-order valence-electron chi connectivity index (χ4n) is 2.61. The van der Waals surface area contributed by atoms with Gasteiger partial charge >= 0.3 is 0 Å². The highest BCUT2D eigenvalue weighted by Gasteiger charge is 2.39. The Kier molecular flexibility index (Phi) is 5.30. The Morgan fingerprint density at radius 3 is 2.19 bits per heavy atom. The molecule has 0 unspecified atom stereocenters. The highest BCUT2D eigenvalue weighted by atomic mass is 16.6. The Hall–Kier alpha value is -2.76. The Labute approximate surface area is 149 Å². The minimum absolute atomic E-state index is 0.180. The van der Waals surface area contributed by atoms with E-state index in [2.05, 4.69) is 0 Å². The van der Waals surface area contributed by atoms with E-state index in [0.717, 1.165) is 0 Å². The van der Waals surface area contributed by atoms with E-state index in [1.54, 1.807) is 36.4 Å². The first-order valence-corrected chi connectivity index (χ1v) is 7.97. The number of nitrogens with zero attached hydrogens (tertiary/aromatic N) is 1. The second-order valence-electron chi connectivity index (χ2n) is 5.91. The van der Waals surface area contributed by atoms with E-state index >= 15 is 0 Å². The minimum atomic E-state index is -1.37. The number of benzene rings is 2. The predicted octanol–water partition coefficient (Wildman–Crippen LogP) is 0.607. The Bertz CT molecular complexity index is 811. The molecule has 1 aliphatic rings. The molecule has 0 aromatic heterocycles.